The van der Waals surface area contributed by atoms with E-state index in [-0.39, 0.29) is 0 Å². The fraction of sp³-hybridized carbons (Fsp3) is 0.533. The van der Waals surface area contributed by atoms with E-state index in [9.17, 15) is 5.26 Å². The first-order valence-corrected chi connectivity index (χ1v) is 6.86. The highest BCUT2D eigenvalue weighted by atomic mass is 15.3. The highest BCUT2D eigenvalue weighted by Gasteiger charge is 2.29. The van der Waals surface area contributed by atoms with E-state index in [4.69, 9.17) is 0 Å². The van der Waals surface area contributed by atoms with E-state index >= 15 is 0 Å². The van der Waals surface area contributed by atoms with Gasteiger partial charge in [-0.2, -0.15) is 5.26 Å². The third kappa shape index (κ3) is 2.09. The van der Waals surface area contributed by atoms with E-state index < -0.39 is 0 Å². The van der Waals surface area contributed by atoms with Gasteiger partial charge < -0.3 is 4.90 Å². The first-order chi connectivity index (χ1) is 8.88. The molecule has 1 atom stereocenters. The van der Waals surface area contributed by atoms with Crippen LogP contribution in [0.3, 0.4) is 0 Å². The van der Waals surface area contributed by atoms with Crippen molar-refractivity contribution in [2.75, 3.05) is 31.1 Å². The Morgan fingerprint density at radius 3 is 2.83 bits per heavy atom. The lowest BCUT2D eigenvalue weighted by atomic mass is 10.1. The molecule has 0 radical (unpaired) electrons. The maximum absolute atomic E-state index is 9.22. The van der Waals surface area contributed by atoms with Gasteiger partial charge in [0, 0.05) is 25.7 Å². The topological polar surface area (TPSA) is 30.3 Å². The van der Waals surface area contributed by atoms with Gasteiger partial charge in [-0.05, 0) is 37.9 Å². The summed E-state index contributed by atoms with van der Waals surface area (Å²) in [7, 11) is 0. The average molecular weight is 241 g/mol. The second kappa shape index (κ2) is 4.99. The molecule has 1 unspecified atom stereocenters. The molecule has 2 saturated heterocycles. The summed E-state index contributed by atoms with van der Waals surface area (Å²) >= 11 is 0. The third-order valence-corrected chi connectivity index (χ3v) is 4.17. The molecule has 0 N–H and O–H groups in total. The van der Waals surface area contributed by atoms with Crippen LogP contribution in [0.1, 0.15) is 24.8 Å². The van der Waals surface area contributed by atoms with Crippen LogP contribution in [0.2, 0.25) is 0 Å². The van der Waals surface area contributed by atoms with Crippen molar-refractivity contribution in [1.29, 1.82) is 5.26 Å². The summed E-state index contributed by atoms with van der Waals surface area (Å²) < 4.78 is 0. The number of nitriles is 1. The summed E-state index contributed by atoms with van der Waals surface area (Å²) in [6, 6.07) is 11.0. The summed E-state index contributed by atoms with van der Waals surface area (Å²) in [5.41, 5.74) is 1.93. The predicted molar refractivity (Wildman–Crippen MR) is 72.6 cm³/mol. The molecule has 94 valence electrons. The fourth-order valence-electron chi connectivity index (χ4n) is 3.27. The Morgan fingerprint density at radius 1 is 1.11 bits per heavy atom. The normalized spacial score (nSPS) is 24.4. The second-order valence-electron chi connectivity index (χ2n) is 5.26. The van der Waals surface area contributed by atoms with Gasteiger partial charge in [0.25, 0.3) is 0 Å². The summed E-state index contributed by atoms with van der Waals surface area (Å²) in [5.74, 6) is 0. The molecule has 2 aliphatic heterocycles. The van der Waals surface area contributed by atoms with Crippen molar-refractivity contribution in [3.05, 3.63) is 29.8 Å². The fourth-order valence-corrected chi connectivity index (χ4v) is 3.27. The number of hydrogen-bond acceptors (Lipinski definition) is 3. The van der Waals surface area contributed by atoms with Crippen LogP contribution in [0, 0.1) is 11.3 Å². The van der Waals surface area contributed by atoms with Crippen molar-refractivity contribution < 1.29 is 0 Å². The van der Waals surface area contributed by atoms with Crippen LogP contribution in [0.4, 0.5) is 5.69 Å². The van der Waals surface area contributed by atoms with E-state index in [1.807, 2.05) is 18.2 Å². The number of anilines is 1. The van der Waals surface area contributed by atoms with Crippen LogP contribution >= 0.6 is 0 Å². The molecule has 3 rings (SSSR count). The predicted octanol–water partition coefficient (Wildman–Crippen LogP) is 2.23. The van der Waals surface area contributed by atoms with E-state index in [0.717, 1.165) is 24.3 Å². The zero-order valence-electron chi connectivity index (χ0n) is 10.7. The molecule has 1 aromatic rings. The number of hydrogen-bond donors (Lipinski definition) is 0. The van der Waals surface area contributed by atoms with Crippen molar-refractivity contribution in [1.82, 2.24) is 4.90 Å². The molecular weight excluding hydrogens is 222 g/mol. The molecular formula is C15H19N3. The Labute approximate surface area is 109 Å². The minimum atomic E-state index is 0.694. The van der Waals surface area contributed by atoms with Crippen molar-refractivity contribution in [2.45, 2.75) is 25.3 Å². The molecule has 0 aliphatic carbocycles. The van der Waals surface area contributed by atoms with E-state index in [2.05, 4.69) is 21.9 Å². The van der Waals surface area contributed by atoms with Crippen molar-refractivity contribution >= 4 is 5.69 Å². The van der Waals surface area contributed by atoms with Gasteiger partial charge in [-0.3, -0.25) is 4.90 Å². The lowest BCUT2D eigenvalue weighted by Crippen LogP contribution is -2.36. The molecule has 1 aromatic carbocycles. The summed E-state index contributed by atoms with van der Waals surface area (Å²) in [6.07, 6.45) is 3.85. The molecule has 0 bridgehead atoms. The number of fused-ring (bicyclic) bond motifs is 1. The molecule has 2 heterocycles. The molecule has 0 aromatic heterocycles. The zero-order chi connectivity index (χ0) is 12.4. The third-order valence-electron chi connectivity index (χ3n) is 4.17. The molecule has 3 nitrogen and oxygen atoms in total. The molecule has 3 heteroatoms. The van der Waals surface area contributed by atoms with Gasteiger partial charge >= 0.3 is 0 Å². The molecule has 0 spiro atoms. The van der Waals surface area contributed by atoms with Crippen LogP contribution in [-0.4, -0.2) is 37.1 Å². The highest BCUT2D eigenvalue weighted by Crippen LogP contribution is 2.26. The van der Waals surface area contributed by atoms with Crippen LogP contribution in [0.5, 0.6) is 0 Å². The number of para-hydroxylation sites is 1. The van der Waals surface area contributed by atoms with Gasteiger partial charge in [0.1, 0.15) is 6.07 Å². The Bertz CT molecular complexity index is 463. The summed E-state index contributed by atoms with van der Waals surface area (Å²) in [4.78, 5) is 5.03. The van der Waals surface area contributed by atoms with Gasteiger partial charge in [0.15, 0.2) is 0 Å². The second-order valence-corrected chi connectivity index (χ2v) is 5.26. The SMILES string of the molecule is N#Cc1ccccc1N1CCCN2CCCC2C1. The minimum Gasteiger partial charge on any atom is -0.369 e. The van der Waals surface area contributed by atoms with Gasteiger partial charge in [-0.15, -0.1) is 0 Å². The first kappa shape index (κ1) is 11.6. The van der Waals surface area contributed by atoms with Crippen LogP contribution in [-0.2, 0) is 0 Å². The zero-order valence-corrected chi connectivity index (χ0v) is 10.7. The standard InChI is InChI=1S/C15H19N3/c16-11-13-5-1-2-7-15(13)18-10-4-9-17-8-3-6-14(17)12-18/h1-2,5,7,14H,3-4,6,8-10,12H2. The number of rotatable bonds is 1. The average Bonchev–Trinajstić information content (AvgIpc) is 2.76. The minimum absolute atomic E-state index is 0.694. The Balaban J connectivity index is 1.85. The number of benzene rings is 1. The lowest BCUT2D eigenvalue weighted by Gasteiger charge is -2.27. The Hall–Kier alpha value is -1.53. The van der Waals surface area contributed by atoms with Crippen LogP contribution in [0.25, 0.3) is 0 Å². The van der Waals surface area contributed by atoms with Crippen molar-refractivity contribution in [3.63, 3.8) is 0 Å². The Morgan fingerprint density at radius 2 is 1.94 bits per heavy atom. The molecule has 0 saturated carbocycles. The van der Waals surface area contributed by atoms with Gasteiger partial charge in [-0.1, -0.05) is 12.1 Å². The maximum Gasteiger partial charge on any atom is 0.101 e. The van der Waals surface area contributed by atoms with E-state index in [0.29, 0.717) is 6.04 Å². The van der Waals surface area contributed by atoms with E-state index in [1.54, 1.807) is 0 Å². The molecule has 0 amide bonds. The molecule has 2 aliphatic rings. The quantitative estimate of drug-likeness (QED) is 0.755. The summed E-state index contributed by atoms with van der Waals surface area (Å²) in [6.45, 7) is 4.64. The van der Waals surface area contributed by atoms with Gasteiger partial charge in [0.2, 0.25) is 0 Å². The van der Waals surface area contributed by atoms with Gasteiger partial charge in [0.05, 0.1) is 11.3 Å². The first-order valence-electron chi connectivity index (χ1n) is 6.86. The summed E-state index contributed by atoms with van der Waals surface area (Å²) in [5, 5.41) is 9.22. The smallest absolute Gasteiger partial charge is 0.101 e. The Kier molecular flexibility index (Phi) is 3.21. The molecule has 18 heavy (non-hydrogen) atoms. The molecule has 2 fully saturated rings. The van der Waals surface area contributed by atoms with Crippen molar-refractivity contribution in [2.24, 2.45) is 0 Å². The van der Waals surface area contributed by atoms with E-state index in [1.165, 1.54) is 32.4 Å². The van der Waals surface area contributed by atoms with Crippen molar-refractivity contribution in [3.8, 4) is 6.07 Å². The van der Waals surface area contributed by atoms with Crippen LogP contribution in [0.15, 0.2) is 24.3 Å². The number of nitrogens with zero attached hydrogens (tertiary/aromatic N) is 3. The highest BCUT2D eigenvalue weighted by molar-refractivity contribution is 5.59. The lowest BCUT2D eigenvalue weighted by molar-refractivity contribution is 0.273. The monoisotopic (exact) mass is 241 g/mol. The van der Waals surface area contributed by atoms with Gasteiger partial charge in [-0.25, -0.2) is 0 Å². The largest absolute Gasteiger partial charge is 0.369 e. The maximum atomic E-state index is 9.22. The van der Waals surface area contributed by atoms with Crippen LogP contribution < -0.4 is 4.90 Å².